The van der Waals surface area contributed by atoms with Crippen molar-refractivity contribution < 1.29 is 19.1 Å². The Bertz CT molecular complexity index is 597. The number of nitrogens with zero attached hydrogens (tertiary/aromatic N) is 1. The fourth-order valence-electron chi connectivity index (χ4n) is 3.21. The lowest BCUT2D eigenvalue weighted by molar-refractivity contribution is -0.152. The van der Waals surface area contributed by atoms with Crippen molar-refractivity contribution >= 4 is 11.9 Å². The number of benzene rings is 1. The molecular formula is C16H18FNO3. The molecule has 1 N–H and O–H groups in total. The molecule has 0 spiro atoms. The highest BCUT2D eigenvalue weighted by Crippen LogP contribution is 2.44. The largest absolute Gasteiger partial charge is 0.481 e. The molecule has 1 heterocycles. The highest BCUT2D eigenvalue weighted by molar-refractivity contribution is 5.82. The molecule has 21 heavy (non-hydrogen) atoms. The predicted molar refractivity (Wildman–Crippen MR) is 74.1 cm³/mol. The van der Waals surface area contributed by atoms with E-state index in [0.29, 0.717) is 5.56 Å². The van der Waals surface area contributed by atoms with Crippen LogP contribution in [-0.2, 0) is 9.59 Å². The summed E-state index contributed by atoms with van der Waals surface area (Å²) in [6.45, 7) is 1.84. The van der Waals surface area contributed by atoms with Crippen LogP contribution in [0.15, 0.2) is 18.2 Å². The summed E-state index contributed by atoms with van der Waals surface area (Å²) < 4.78 is 14.2. The lowest BCUT2D eigenvalue weighted by Crippen LogP contribution is -2.46. The van der Waals surface area contributed by atoms with Gasteiger partial charge in [-0.1, -0.05) is 17.7 Å². The highest BCUT2D eigenvalue weighted by atomic mass is 19.1. The summed E-state index contributed by atoms with van der Waals surface area (Å²) in [5.41, 5.74) is 1.20. The predicted octanol–water partition coefficient (Wildman–Crippen LogP) is 2.66. The van der Waals surface area contributed by atoms with Crippen molar-refractivity contribution in [3.63, 3.8) is 0 Å². The van der Waals surface area contributed by atoms with Gasteiger partial charge in [-0.15, -0.1) is 0 Å². The van der Waals surface area contributed by atoms with E-state index in [4.69, 9.17) is 0 Å². The van der Waals surface area contributed by atoms with Gasteiger partial charge in [0.15, 0.2) is 0 Å². The first kappa shape index (κ1) is 14.0. The number of carboxylic acid groups (broad SMARTS) is 1. The van der Waals surface area contributed by atoms with Crippen molar-refractivity contribution in [2.24, 2.45) is 5.92 Å². The molecule has 4 nitrogen and oxygen atoms in total. The maximum atomic E-state index is 14.2. The number of hydrogen-bond acceptors (Lipinski definition) is 2. The molecule has 2 fully saturated rings. The van der Waals surface area contributed by atoms with E-state index in [1.54, 1.807) is 17.0 Å². The Hall–Kier alpha value is -1.91. The fraction of sp³-hybridized carbons (Fsp3) is 0.500. The van der Waals surface area contributed by atoms with Gasteiger partial charge in [-0.3, -0.25) is 9.59 Å². The normalized spacial score (nSPS) is 26.0. The van der Waals surface area contributed by atoms with Gasteiger partial charge < -0.3 is 10.0 Å². The monoisotopic (exact) mass is 291 g/mol. The third-order valence-corrected chi connectivity index (χ3v) is 4.37. The third kappa shape index (κ3) is 2.52. The number of aliphatic carboxylic acids is 1. The number of piperidine rings is 1. The number of amides is 1. The lowest BCUT2D eigenvalue weighted by atomic mass is 9.83. The van der Waals surface area contributed by atoms with Gasteiger partial charge in [0.25, 0.3) is 0 Å². The number of carboxylic acids is 1. The quantitative estimate of drug-likeness (QED) is 0.931. The lowest BCUT2D eigenvalue weighted by Gasteiger charge is -2.40. The van der Waals surface area contributed by atoms with Crippen LogP contribution < -0.4 is 0 Å². The van der Waals surface area contributed by atoms with E-state index in [0.717, 1.165) is 18.4 Å². The molecule has 3 rings (SSSR count). The molecule has 1 saturated carbocycles. The SMILES string of the molecule is Cc1ccc(F)c(C2C(C(=O)O)CCC(=O)N2C2CC2)c1. The molecule has 0 radical (unpaired) electrons. The molecule has 5 heteroatoms. The Balaban J connectivity index is 2.08. The first-order chi connectivity index (χ1) is 9.99. The van der Waals surface area contributed by atoms with Crippen molar-refractivity contribution in [2.75, 3.05) is 0 Å². The molecule has 0 aromatic heterocycles. The van der Waals surface area contributed by atoms with Crippen LogP contribution >= 0.6 is 0 Å². The van der Waals surface area contributed by atoms with Crippen molar-refractivity contribution in [2.45, 2.75) is 44.7 Å². The van der Waals surface area contributed by atoms with Crippen molar-refractivity contribution in [3.8, 4) is 0 Å². The average molecular weight is 291 g/mol. The summed E-state index contributed by atoms with van der Waals surface area (Å²) in [6, 6.07) is 4.07. The Kier molecular flexibility index (Phi) is 3.43. The van der Waals surface area contributed by atoms with Gasteiger partial charge in [0.2, 0.25) is 5.91 Å². The Morgan fingerprint density at radius 2 is 2.05 bits per heavy atom. The van der Waals surface area contributed by atoms with Gasteiger partial charge in [0, 0.05) is 18.0 Å². The second-order valence-electron chi connectivity index (χ2n) is 5.99. The zero-order valence-electron chi connectivity index (χ0n) is 11.9. The van der Waals surface area contributed by atoms with Gasteiger partial charge in [-0.25, -0.2) is 4.39 Å². The molecule has 2 atom stereocenters. The van der Waals surface area contributed by atoms with E-state index >= 15 is 0 Å². The van der Waals surface area contributed by atoms with Gasteiger partial charge in [-0.05, 0) is 32.3 Å². The van der Waals surface area contributed by atoms with Crippen LogP contribution in [0.5, 0.6) is 0 Å². The van der Waals surface area contributed by atoms with Crippen LogP contribution in [0.3, 0.4) is 0 Å². The molecular weight excluding hydrogens is 273 g/mol. The van der Waals surface area contributed by atoms with Gasteiger partial charge in [0.05, 0.1) is 12.0 Å². The van der Waals surface area contributed by atoms with Crippen molar-refractivity contribution in [3.05, 3.63) is 35.1 Å². The summed E-state index contributed by atoms with van der Waals surface area (Å²) in [5, 5.41) is 9.48. The Morgan fingerprint density at radius 1 is 1.33 bits per heavy atom. The van der Waals surface area contributed by atoms with Crippen molar-refractivity contribution in [1.29, 1.82) is 0 Å². The van der Waals surface area contributed by atoms with E-state index in [1.807, 2.05) is 6.92 Å². The molecule has 2 unspecified atom stereocenters. The standard InChI is InChI=1S/C16H18FNO3/c1-9-2-6-13(17)12(8-9)15-11(16(20)21)5-7-14(19)18(15)10-3-4-10/h2,6,8,10-11,15H,3-5,7H2,1H3,(H,20,21). The molecule has 1 aliphatic carbocycles. The first-order valence-electron chi connectivity index (χ1n) is 7.29. The Morgan fingerprint density at radius 3 is 2.67 bits per heavy atom. The van der Waals surface area contributed by atoms with Crippen LogP contribution in [0.1, 0.15) is 42.9 Å². The van der Waals surface area contributed by atoms with Crippen molar-refractivity contribution in [1.82, 2.24) is 4.90 Å². The van der Waals surface area contributed by atoms with Gasteiger partial charge in [-0.2, -0.15) is 0 Å². The van der Waals surface area contributed by atoms with Crippen LogP contribution in [-0.4, -0.2) is 27.9 Å². The zero-order valence-corrected chi connectivity index (χ0v) is 11.9. The number of carbonyl (C=O) groups excluding carboxylic acids is 1. The number of carbonyl (C=O) groups is 2. The van der Waals surface area contributed by atoms with Crippen LogP contribution in [0, 0.1) is 18.7 Å². The molecule has 1 saturated heterocycles. The summed E-state index contributed by atoms with van der Waals surface area (Å²) in [7, 11) is 0. The summed E-state index contributed by atoms with van der Waals surface area (Å²) >= 11 is 0. The number of rotatable bonds is 3. The minimum absolute atomic E-state index is 0.0547. The topological polar surface area (TPSA) is 57.6 Å². The Labute approximate surface area is 122 Å². The van der Waals surface area contributed by atoms with Gasteiger partial charge in [0.1, 0.15) is 5.82 Å². The first-order valence-corrected chi connectivity index (χ1v) is 7.29. The minimum atomic E-state index is -0.959. The van der Waals surface area contributed by atoms with Crippen LogP contribution in [0.25, 0.3) is 0 Å². The van der Waals surface area contributed by atoms with E-state index in [-0.39, 0.29) is 24.8 Å². The smallest absolute Gasteiger partial charge is 0.308 e. The summed E-state index contributed by atoms with van der Waals surface area (Å²) in [6.07, 6.45) is 2.26. The third-order valence-electron chi connectivity index (χ3n) is 4.37. The maximum absolute atomic E-state index is 14.2. The highest BCUT2D eigenvalue weighted by Gasteiger charge is 2.47. The zero-order chi connectivity index (χ0) is 15.1. The second-order valence-corrected chi connectivity index (χ2v) is 5.99. The molecule has 2 aliphatic rings. The summed E-state index contributed by atoms with van der Waals surface area (Å²) in [4.78, 5) is 25.4. The van der Waals surface area contributed by atoms with Gasteiger partial charge >= 0.3 is 5.97 Å². The molecule has 1 aromatic carbocycles. The summed E-state index contributed by atoms with van der Waals surface area (Å²) in [5.74, 6) is -2.18. The number of halogens is 1. The van der Waals surface area contributed by atoms with E-state index in [9.17, 15) is 19.1 Å². The number of likely N-dealkylation sites (tertiary alicyclic amines) is 1. The van der Waals surface area contributed by atoms with Crippen LogP contribution in [0.4, 0.5) is 4.39 Å². The molecule has 1 amide bonds. The molecule has 1 aromatic rings. The second kappa shape index (κ2) is 5.13. The number of aryl methyl sites for hydroxylation is 1. The molecule has 0 bridgehead atoms. The maximum Gasteiger partial charge on any atom is 0.308 e. The van der Waals surface area contributed by atoms with E-state index in [2.05, 4.69) is 0 Å². The van der Waals surface area contributed by atoms with E-state index in [1.165, 1.54) is 6.07 Å². The van der Waals surface area contributed by atoms with Crippen LogP contribution in [0.2, 0.25) is 0 Å². The average Bonchev–Trinajstić information content (AvgIpc) is 3.25. The number of hydrogen-bond donors (Lipinski definition) is 1. The minimum Gasteiger partial charge on any atom is -0.481 e. The molecule has 112 valence electrons. The molecule has 1 aliphatic heterocycles. The fourth-order valence-corrected chi connectivity index (χ4v) is 3.21. The van der Waals surface area contributed by atoms with E-state index < -0.39 is 23.7 Å².